The van der Waals surface area contributed by atoms with Crippen LogP contribution in [-0.4, -0.2) is 0 Å². The Balaban J connectivity index is 0.000000490. The summed E-state index contributed by atoms with van der Waals surface area (Å²) in [7, 11) is 0. The van der Waals surface area contributed by atoms with E-state index in [1.165, 1.54) is 29.4 Å². The van der Waals surface area contributed by atoms with Gasteiger partial charge < -0.3 is 0 Å². The predicted octanol–water partition coefficient (Wildman–Crippen LogP) is -3.45. The Morgan fingerprint density at radius 1 is 0.857 bits per heavy atom. The van der Waals surface area contributed by atoms with E-state index < -0.39 is 0 Å². The Morgan fingerprint density at radius 2 is 1.36 bits per heavy atom. The van der Waals surface area contributed by atoms with Crippen LogP contribution in [0.25, 0.3) is 10.8 Å². The first-order chi connectivity index (χ1) is 5.95. The van der Waals surface area contributed by atoms with Gasteiger partial charge in [0.15, 0.2) is 0 Å². The molecule has 0 saturated heterocycles. The molecule has 1 aliphatic rings. The van der Waals surface area contributed by atoms with E-state index in [4.69, 9.17) is 0 Å². The summed E-state index contributed by atoms with van der Waals surface area (Å²) < 4.78 is 0. The minimum absolute atomic E-state index is 0. The van der Waals surface area contributed by atoms with Gasteiger partial charge in [-0.05, 0) is 6.42 Å². The molecule has 0 saturated carbocycles. The Labute approximate surface area is 108 Å². The fourth-order valence-corrected chi connectivity index (χ4v) is 2.02. The van der Waals surface area contributed by atoms with Crippen LogP contribution in [0.5, 0.6) is 0 Å². The average Bonchev–Trinajstić information content (AvgIpc) is 2.52. The molecule has 0 radical (unpaired) electrons. The number of benzene rings is 2. The third kappa shape index (κ3) is 1.69. The van der Waals surface area contributed by atoms with E-state index in [9.17, 15) is 0 Å². The smallest absolute Gasteiger partial charge is 0.285 e. The first-order valence-corrected chi connectivity index (χ1v) is 4.28. The largest absolute Gasteiger partial charge is 1.00 e. The van der Waals surface area contributed by atoms with Crippen molar-refractivity contribution in [3.05, 3.63) is 47.5 Å². The quantitative estimate of drug-likeness (QED) is 0.282. The number of rotatable bonds is 0. The Kier molecular flexibility index (Phi) is 3.94. The number of hydrogen-bond donors (Lipinski definition) is 0. The molecule has 0 heterocycles. The van der Waals surface area contributed by atoms with Crippen LogP contribution in [0.1, 0.15) is 11.1 Å². The van der Waals surface area contributed by atoms with E-state index >= 15 is 0 Å². The molecule has 0 spiro atoms. The maximum Gasteiger partial charge on any atom is 1.00 e. The zero-order chi connectivity index (χ0) is 7.97. The summed E-state index contributed by atoms with van der Waals surface area (Å²) in [6.45, 7) is 0. The van der Waals surface area contributed by atoms with Crippen molar-refractivity contribution in [1.82, 2.24) is 0 Å². The van der Waals surface area contributed by atoms with Crippen LogP contribution < -0.4 is 37.7 Å². The minimum Gasteiger partial charge on any atom is -0.285 e. The van der Waals surface area contributed by atoms with Gasteiger partial charge in [0.1, 0.15) is 0 Å². The zero-order valence-corrected chi connectivity index (χ0v) is 8.72. The molecule has 14 heavy (non-hydrogen) atoms. The van der Waals surface area contributed by atoms with E-state index in [0.717, 1.165) is 5.39 Å². The van der Waals surface area contributed by atoms with Gasteiger partial charge in [-0.3, -0.25) is 17.5 Å². The Morgan fingerprint density at radius 3 is 1.86 bits per heavy atom. The van der Waals surface area contributed by atoms with Gasteiger partial charge in [0.05, 0.1) is 0 Å². The van der Waals surface area contributed by atoms with Crippen molar-refractivity contribution in [3.8, 4) is 0 Å². The van der Waals surface area contributed by atoms with Gasteiger partial charge in [-0.1, -0.05) is 12.5 Å². The molecular formula is C12H8Li2. The normalized spacial score (nSPS) is 12.0. The molecule has 0 aromatic heterocycles. The third-order valence-corrected chi connectivity index (χ3v) is 2.58. The maximum atomic E-state index is 3.22. The van der Waals surface area contributed by atoms with E-state index in [2.05, 4.69) is 24.3 Å². The van der Waals surface area contributed by atoms with Gasteiger partial charge >= 0.3 is 37.7 Å². The first kappa shape index (κ1) is 12.0. The molecular weight excluding hydrogens is 158 g/mol. The van der Waals surface area contributed by atoms with Gasteiger partial charge in [-0.15, -0.1) is 5.56 Å². The summed E-state index contributed by atoms with van der Waals surface area (Å²) in [5.41, 5.74) is 2.94. The monoisotopic (exact) mass is 166 g/mol. The molecule has 58 valence electrons. The molecule has 0 atom stereocenters. The third-order valence-electron chi connectivity index (χ3n) is 2.58. The van der Waals surface area contributed by atoms with Gasteiger partial charge in [0.25, 0.3) is 0 Å². The standard InChI is InChI=1S/C12H8.2Li/c1-3-9-4-2-6-11-8-7-10(5-1)12(9)11;;/h1-2,5-6H,7-8H2;;/q-2;2*+1. The molecule has 0 nitrogen and oxygen atoms in total. The summed E-state index contributed by atoms with van der Waals surface area (Å²) in [6, 6.07) is 14.8. The summed E-state index contributed by atoms with van der Waals surface area (Å²) in [5, 5.41) is 2.56. The van der Waals surface area contributed by atoms with E-state index in [0.29, 0.717) is 0 Å². The number of hydrogen-bond acceptors (Lipinski definition) is 0. The van der Waals surface area contributed by atoms with Crippen molar-refractivity contribution in [2.45, 2.75) is 12.8 Å². The van der Waals surface area contributed by atoms with Gasteiger partial charge in [0, 0.05) is 0 Å². The van der Waals surface area contributed by atoms with Gasteiger partial charge in [-0.2, -0.15) is 11.5 Å². The van der Waals surface area contributed by atoms with Crippen molar-refractivity contribution in [2.24, 2.45) is 0 Å². The van der Waals surface area contributed by atoms with Crippen LogP contribution in [0.3, 0.4) is 0 Å². The molecule has 3 rings (SSSR count). The summed E-state index contributed by atoms with van der Waals surface area (Å²) >= 11 is 0. The average molecular weight is 166 g/mol. The fraction of sp³-hybridized carbons (Fsp3) is 0.167. The van der Waals surface area contributed by atoms with Crippen LogP contribution in [0, 0.1) is 12.1 Å². The molecule has 0 unspecified atom stereocenters. The Hall–Kier alpha value is -0.105. The molecule has 0 amide bonds. The van der Waals surface area contributed by atoms with Crippen molar-refractivity contribution >= 4 is 10.8 Å². The second-order valence-electron chi connectivity index (χ2n) is 3.26. The molecule has 2 aromatic carbocycles. The maximum absolute atomic E-state index is 3.22. The Bertz CT molecular complexity index is 410. The van der Waals surface area contributed by atoms with Gasteiger partial charge in [0.2, 0.25) is 0 Å². The molecule has 0 bridgehead atoms. The van der Waals surface area contributed by atoms with Crippen molar-refractivity contribution < 1.29 is 37.7 Å². The van der Waals surface area contributed by atoms with Crippen molar-refractivity contribution in [1.29, 1.82) is 0 Å². The van der Waals surface area contributed by atoms with Gasteiger partial charge in [-0.25, -0.2) is 17.7 Å². The predicted molar refractivity (Wildman–Crippen MR) is 49.0 cm³/mol. The summed E-state index contributed by atoms with van der Waals surface area (Å²) in [4.78, 5) is 0. The van der Waals surface area contributed by atoms with Crippen LogP contribution in [-0.2, 0) is 12.8 Å². The molecule has 2 heteroatoms. The molecule has 2 aromatic rings. The van der Waals surface area contributed by atoms with Crippen LogP contribution in [0.15, 0.2) is 24.3 Å². The SMILES string of the molecule is [Li+].[Li+].[c-]1ccc2c3c(cc[c-]c13)CC2. The molecule has 0 fully saturated rings. The fourth-order valence-electron chi connectivity index (χ4n) is 2.02. The van der Waals surface area contributed by atoms with Crippen molar-refractivity contribution in [2.75, 3.05) is 0 Å². The van der Waals surface area contributed by atoms with Crippen LogP contribution in [0.4, 0.5) is 0 Å². The molecule has 0 N–H and O–H groups in total. The first-order valence-electron chi connectivity index (χ1n) is 4.28. The van der Waals surface area contributed by atoms with Crippen LogP contribution >= 0.6 is 0 Å². The minimum atomic E-state index is 0. The van der Waals surface area contributed by atoms with E-state index in [1.807, 2.05) is 12.1 Å². The van der Waals surface area contributed by atoms with Crippen LogP contribution in [0.2, 0.25) is 0 Å². The molecule has 0 aliphatic heterocycles. The van der Waals surface area contributed by atoms with E-state index in [1.54, 1.807) is 0 Å². The zero-order valence-electron chi connectivity index (χ0n) is 8.72. The second kappa shape index (κ2) is 4.61. The topological polar surface area (TPSA) is 0 Å². The molecule has 1 aliphatic carbocycles. The summed E-state index contributed by atoms with van der Waals surface area (Å²) in [5.74, 6) is 0. The van der Waals surface area contributed by atoms with E-state index in [-0.39, 0.29) is 37.7 Å². The second-order valence-corrected chi connectivity index (χ2v) is 3.26. The van der Waals surface area contributed by atoms with Crippen molar-refractivity contribution in [3.63, 3.8) is 0 Å². The summed E-state index contributed by atoms with van der Waals surface area (Å²) in [6.07, 6.45) is 2.39. The number of aryl methyl sites for hydroxylation is 2.